The van der Waals surface area contributed by atoms with E-state index in [2.05, 4.69) is 18.7 Å². The molecular weight excluding hydrogens is 226 g/mol. The molecule has 1 fully saturated rings. The summed E-state index contributed by atoms with van der Waals surface area (Å²) in [6, 6.07) is 0. The second kappa shape index (κ2) is 7.46. The van der Waals surface area contributed by atoms with Crippen LogP contribution in [-0.4, -0.2) is 48.5 Å². The largest absolute Gasteiger partial charge is 0.389 e. The first kappa shape index (κ1) is 15.9. The second-order valence-corrected chi connectivity index (χ2v) is 6.04. The molecule has 0 aromatic rings. The Bertz CT molecular complexity index is 217. The molecule has 0 saturated carbocycles. The molecule has 3 heteroatoms. The third-order valence-electron chi connectivity index (χ3n) is 4.51. The highest BCUT2D eigenvalue weighted by atomic mass is 16.5. The lowest BCUT2D eigenvalue weighted by Gasteiger charge is -2.41. The summed E-state index contributed by atoms with van der Waals surface area (Å²) in [5, 5.41) is 9.93. The van der Waals surface area contributed by atoms with Gasteiger partial charge in [0.15, 0.2) is 0 Å². The van der Waals surface area contributed by atoms with Crippen molar-refractivity contribution >= 4 is 0 Å². The zero-order valence-electron chi connectivity index (χ0n) is 12.6. The van der Waals surface area contributed by atoms with Crippen LogP contribution in [0.15, 0.2) is 0 Å². The first-order valence-electron chi connectivity index (χ1n) is 7.53. The summed E-state index contributed by atoms with van der Waals surface area (Å²) in [5.41, 5.74) is 0.565. The number of β-amino-alcohol motifs (C(OH)–C–C–N with tert-alkyl or cyclic N) is 1. The van der Waals surface area contributed by atoms with Crippen LogP contribution in [0.5, 0.6) is 0 Å². The summed E-state index contributed by atoms with van der Waals surface area (Å²) in [6.45, 7) is 12.1. The first-order chi connectivity index (χ1) is 8.51. The van der Waals surface area contributed by atoms with Crippen molar-refractivity contribution in [2.24, 2.45) is 5.41 Å². The molecule has 0 aromatic heterocycles. The molecule has 0 aliphatic carbocycles. The molecule has 1 aliphatic heterocycles. The van der Waals surface area contributed by atoms with Gasteiger partial charge in [-0.15, -0.1) is 0 Å². The molecule has 1 atom stereocenters. The number of hydrogen-bond acceptors (Lipinski definition) is 3. The third-order valence-corrected chi connectivity index (χ3v) is 4.51. The maximum atomic E-state index is 9.93. The number of nitrogens with zero attached hydrogens (tertiary/aromatic N) is 1. The van der Waals surface area contributed by atoms with Crippen molar-refractivity contribution in [3.63, 3.8) is 0 Å². The molecule has 0 radical (unpaired) electrons. The van der Waals surface area contributed by atoms with Gasteiger partial charge in [0.25, 0.3) is 0 Å². The summed E-state index contributed by atoms with van der Waals surface area (Å²) in [7, 11) is 0. The van der Waals surface area contributed by atoms with E-state index < -0.39 is 0 Å². The molecule has 1 heterocycles. The van der Waals surface area contributed by atoms with E-state index in [9.17, 15) is 5.11 Å². The van der Waals surface area contributed by atoms with E-state index in [1.54, 1.807) is 0 Å². The minimum absolute atomic E-state index is 0.203. The summed E-state index contributed by atoms with van der Waals surface area (Å²) < 4.78 is 5.45. The Kier molecular flexibility index (Phi) is 6.61. The summed E-state index contributed by atoms with van der Waals surface area (Å²) >= 11 is 0. The predicted octanol–water partition coefficient (Wildman–Crippen LogP) is 2.67. The SMILES string of the molecule is CCC1(CC)CCN(CC(O)COC(C)C)CC1. The minimum atomic E-state index is -0.344. The van der Waals surface area contributed by atoms with Gasteiger partial charge in [0, 0.05) is 6.54 Å². The predicted molar refractivity (Wildman–Crippen MR) is 75.8 cm³/mol. The molecule has 1 unspecified atom stereocenters. The lowest BCUT2D eigenvalue weighted by atomic mass is 9.74. The second-order valence-electron chi connectivity index (χ2n) is 6.04. The van der Waals surface area contributed by atoms with Gasteiger partial charge in [0.05, 0.1) is 18.8 Å². The molecule has 1 rings (SSSR count). The number of piperidine rings is 1. The lowest BCUT2D eigenvalue weighted by molar-refractivity contribution is -0.0179. The zero-order chi connectivity index (χ0) is 13.6. The van der Waals surface area contributed by atoms with Crippen LogP contribution in [-0.2, 0) is 4.74 Å². The average Bonchev–Trinajstić information content (AvgIpc) is 2.38. The van der Waals surface area contributed by atoms with Gasteiger partial charge in [-0.25, -0.2) is 0 Å². The van der Waals surface area contributed by atoms with Crippen LogP contribution in [0.3, 0.4) is 0 Å². The highest BCUT2D eigenvalue weighted by molar-refractivity contribution is 4.84. The molecule has 108 valence electrons. The molecule has 1 N–H and O–H groups in total. The van der Waals surface area contributed by atoms with E-state index >= 15 is 0 Å². The van der Waals surface area contributed by atoms with E-state index in [1.807, 2.05) is 13.8 Å². The Labute approximate surface area is 113 Å². The van der Waals surface area contributed by atoms with E-state index in [4.69, 9.17) is 4.74 Å². The monoisotopic (exact) mass is 257 g/mol. The Morgan fingerprint density at radius 3 is 2.17 bits per heavy atom. The van der Waals surface area contributed by atoms with Crippen molar-refractivity contribution in [2.45, 2.75) is 65.6 Å². The molecule has 3 nitrogen and oxygen atoms in total. The highest BCUT2D eigenvalue weighted by Crippen LogP contribution is 2.37. The number of rotatable bonds is 7. The maximum Gasteiger partial charge on any atom is 0.0900 e. The summed E-state index contributed by atoms with van der Waals surface area (Å²) in [6.07, 6.45) is 4.99. The zero-order valence-corrected chi connectivity index (χ0v) is 12.6. The quantitative estimate of drug-likeness (QED) is 0.761. The fraction of sp³-hybridized carbons (Fsp3) is 1.00. The fourth-order valence-corrected chi connectivity index (χ4v) is 2.82. The molecule has 1 aliphatic rings. The maximum absolute atomic E-state index is 9.93. The van der Waals surface area contributed by atoms with Crippen LogP contribution in [0, 0.1) is 5.41 Å². The standard InChI is InChI=1S/C15H31NO2/c1-5-15(6-2)7-9-16(10-8-15)11-14(17)12-18-13(3)4/h13-14,17H,5-12H2,1-4H3. The molecule has 0 aromatic carbocycles. The van der Waals surface area contributed by atoms with Gasteiger partial charge in [0.1, 0.15) is 0 Å². The molecule has 1 saturated heterocycles. The number of aliphatic hydroxyl groups excluding tert-OH is 1. The van der Waals surface area contributed by atoms with Crippen LogP contribution in [0.4, 0.5) is 0 Å². The number of likely N-dealkylation sites (tertiary alicyclic amines) is 1. The number of aliphatic hydroxyl groups is 1. The van der Waals surface area contributed by atoms with Crippen LogP contribution < -0.4 is 0 Å². The Hall–Kier alpha value is -0.120. The van der Waals surface area contributed by atoms with E-state index in [1.165, 1.54) is 25.7 Å². The van der Waals surface area contributed by atoms with Crippen LogP contribution in [0.25, 0.3) is 0 Å². The minimum Gasteiger partial charge on any atom is -0.389 e. The molecule has 0 amide bonds. The normalized spacial score (nSPS) is 22.3. The van der Waals surface area contributed by atoms with E-state index in [0.29, 0.717) is 12.0 Å². The highest BCUT2D eigenvalue weighted by Gasteiger charge is 2.31. The fourth-order valence-electron chi connectivity index (χ4n) is 2.82. The topological polar surface area (TPSA) is 32.7 Å². The van der Waals surface area contributed by atoms with E-state index in [0.717, 1.165) is 19.6 Å². The number of hydrogen-bond donors (Lipinski definition) is 1. The van der Waals surface area contributed by atoms with Gasteiger partial charge in [-0.1, -0.05) is 26.7 Å². The molecule has 0 bridgehead atoms. The van der Waals surface area contributed by atoms with Gasteiger partial charge in [0.2, 0.25) is 0 Å². The Morgan fingerprint density at radius 2 is 1.72 bits per heavy atom. The van der Waals surface area contributed by atoms with Crippen molar-refractivity contribution in [2.75, 3.05) is 26.2 Å². The van der Waals surface area contributed by atoms with Gasteiger partial charge < -0.3 is 14.7 Å². The van der Waals surface area contributed by atoms with Crippen molar-refractivity contribution in [3.8, 4) is 0 Å². The molecular formula is C15H31NO2. The Balaban J connectivity index is 2.26. The van der Waals surface area contributed by atoms with Crippen LogP contribution in [0.1, 0.15) is 53.4 Å². The lowest BCUT2D eigenvalue weighted by Crippen LogP contribution is -2.43. The van der Waals surface area contributed by atoms with Gasteiger partial charge in [-0.05, 0) is 45.2 Å². The Morgan fingerprint density at radius 1 is 1.17 bits per heavy atom. The van der Waals surface area contributed by atoms with Crippen molar-refractivity contribution in [1.82, 2.24) is 4.90 Å². The summed E-state index contributed by atoms with van der Waals surface area (Å²) in [4.78, 5) is 2.39. The van der Waals surface area contributed by atoms with Crippen molar-refractivity contribution in [3.05, 3.63) is 0 Å². The number of ether oxygens (including phenoxy) is 1. The van der Waals surface area contributed by atoms with Crippen molar-refractivity contribution < 1.29 is 9.84 Å². The van der Waals surface area contributed by atoms with Gasteiger partial charge in [-0.3, -0.25) is 0 Å². The third kappa shape index (κ3) is 4.87. The average molecular weight is 257 g/mol. The van der Waals surface area contributed by atoms with Gasteiger partial charge in [-0.2, -0.15) is 0 Å². The van der Waals surface area contributed by atoms with Crippen LogP contribution in [0.2, 0.25) is 0 Å². The van der Waals surface area contributed by atoms with Gasteiger partial charge >= 0.3 is 0 Å². The van der Waals surface area contributed by atoms with E-state index in [-0.39, 0.29) is 12.2 Å². The van der Waals surface area contributed by atoms with Crippen molar-refractivity contribution in [1.29, 1.82) is 0 Å². The molecule has 0 spiro atoms. The molecule has 18 heavy (non-hydrogen) atoms. The summed E-state index contributed by atoms with van der Waals surface area (Å²) in [5.74, 6) is 0. The first-order valence-corrected chi connectivity index (χ1v) is 7.53. The smallest absolute Gasteiger partial charge is 0.0900 e. The van der Waals surface area contributed by atoms with Crippen LogP contribution >= 0.6 is 0 Å².